The number of halogens is 4. The number of rotatable bonds is 1. The fraction of sp³-hybridized carbons (Fsp3) is 0.238. The third-order valence-electron chi connectivity index (χ3n) is 4.92. The Kier molecular flexibility index (Phi) is 5.75. The molecular weight excluding hydrogens is 461 g/mol. The predicted octanol–water partition coefficient (Wildman–Crippen LogP) is 4.60. The van der Waals surface area contributed by atoms with Crippen LogP contribution in [-0.2, 0) is 6.18 Å². The van der Waals surface area contributed by atoms with Gasteiger partial charge < -0.3 is 15.4 Å². The number of hydrogen-bond donors (Lipinski definition) is 1. The topological polar surface area (TPSA) is 98.6 Å². The first-order chi connectivity index (χ1) is 15.7. The SMILES string of the molecule is CC.Nc1nc2cc(Cl)c(C(=O)N3CCOc4nc(C(F)(F)F)ccc43)cc2n2cncc12. The molecule has 0 bridgehead atoms. The zero-order chi connectivity index (χ0) is 23.9. The molecule has 0 spiro atoms. The number of fused-ring (bicyclic) bond motifs is 4. The molecule has 0 radical (unpaired) electrons. The van der Waals surface area contributed by atoms with Crippen molar-refractivity contribution in [2.75, 3.05) is 23.8 Å². The Morgan fingerprint density at radius 3 is 2.67 bits per heavy atom. The molecule has 4 aromatic rings. The van der Waals surface area contributed by atoms with E-state index in [0.717, 1.165) is 12.1 Å². The largest absolute Gasteiger partial charge is 0.474 e. The average molecular weight is 479 g/mol. The van der Waals surface area contributed by atoms with E-state index in [2.05, 4.69) is 15.0 Å². The minimum Gasteiger partial charge on any atom is -0.474 e. The Labute approximate surface area is 190 Å². The number of nitrogen functional groups attached to an aromatic ring is 1. The van der Waals surface area contributed by atoms with Crippen LogP contribution in [0.5, 0.6) is 5.88 Å². The number of nitrogens with two attached hydrogens (primary N) is 1. The van der Waals surface area contributed by atoms with E-state index in [-0.39, 0.29) is 41.1 Å². The Bertz CT molecular complexity index is 1370. The standard InChI is InChI=1S/C19H12ClF3N6O2.C2H6/c20-10-6-11-13(29-8-25-7-14(29)16(24)26-11)5-9(10)18(30)28-3-4-31-17-12(28)1-2-15(27-17)19(21,22)23;1-2/h1-2,5-8H,3-4H2,(H2,24,26);1-2H3. The maximum absolute atomic E-state index is 13.3. The first-order valence-corrected chi connectivity index (χ1v) is 10.4. The number of anilines is 2. The van der Waals surface area contributed by atoms with Gasteiger partial charge in [-0.15, -0.1) is 0 Å². The lowest BCUT2D eigenvalue weighted by Gasteiger charge is -2.29. The van der Waals surface area contributed by atoms with Crippen LogP contribution in [0.15, 0.2) is 36.8 Å². The van der Waals surface area contributed by atoms with Gasteiger partial charge in [0, 0.05) is 0 Å². The monoisotopic (exact) mass is 478 g/mol. The van der Waals surface area contributed by atoms with Crippen molar-refractivity contribution in [2.24, 2.45) is 0 Å². The van der Waals surface area contributed by atoms with E-state index in [4.69, 9.17) is 22.1 Å². The van der Waals surface area contributed by atoms with Gasteiger partial charge in [-0.1, -0.05) is 25.4 Å². The summed E-state index contributed by atoms with van der Waals surface area (Å²) in [5.74, 6) is -0.519. The van der Waals surface area contributed by atoms with Gasteiger partial charge in [-0.05, 0) is 24.3 Å². The predicted molar refractivity (Wildman–Crippen MR) is 118 cm³/mol. The number of benzene rings is 1. The van der Waals surface area contributed by atoms with Gasteiger partial charge in [0.1, 0.15) is 29.3 Å². The highest BCUT2D eigenvalue weighted by Crippen LogP contribution is 2.37. The number of amides is 1. The van der Waals surface area contributed by atoms with E-state index < -0.39 is 17.8 Å². The first kappa shape index (κ1) is 22.6. The Morgan fingerprint density at radius 2 is 1.94 bits per heavy atom. The summed E-state index contributed by atoms with van der Waals surface area (Å²) in [5, 5.41) is 0.122. The molecule has 33 heavy (non-hydrogen) atoms. The smallest absolute Gasteiger partial charge is 0.433 e. The van der Waals surface area contributed by atoms with Crippen molar-refractivity contribution in [2.45, 2.75) is 20.0 Å². The van der Waals surface area contributed by atoms with E-state index in [1.54, 1.807) is 16.7 Å². The quantitative estimate of drug-likeness (QED) is 0.429. The third kappa shape index (κ3) is 3.88. The number of carbonyl (C=O) groups excluding carboxylic acids is 1. The van der Waals surface area contributed by atoms with Gasteiger partial charge in [0.2, 0.25) is 5.88 Å². The van der Waals surface area contributed by atoms with E-state index >= 15 is 0 Å². The molecule has 0 fully saturated rings. The first-order valence-electron chi connectivity index (χ1n) is 9.98. The second-order valence-electron chi connectivity index (χ2n) is 6.79. The van der Waals surface area contributed by atoms with Gasteiger partial charge in [-0.3, -0.25) is 9.20 Å². The number of pyridine rings is 1. The summed E-state index contributed by atoms with van der Waals surface area (Å²) in [6.07, 6.45) is -1.55. The molecule has 1 aliphatic rings. The summed E-state index contributed by atoms with van der Waals surface area (Å²) in [6.45, 7) is 4.11. The Hall–Kier alpha value is -3.60. The van der Waals surface area contributed by atoms with Crippen molar-refractivity contribution in [1.29, 1.82) is 0 Å². The molecule has 172 valence electrons. The molecule has 0 unspecified atom stereocenters. The minimum absolute atomic E-state index is 0.0118. The van der Waals surface area contributed by atoms with Crippen LogP contribution in [0, 0.1) is 0 Å². The molecule has 0 atom stereocenters. The molecule has 0 aliphatic carbocycles. The number of aromatic nitrogens is 4. The van der Waals surface area contributed by atoms with E-state index in [1.165, 1.54) is 17.3 Å². The van der Waals surface area contributed by atoms with Gasteiger partial charge in [0.15, 0.2) is 0 Å². The second-order valence-corrected chi connectivity index (χ2v) is 7.20. The van der Waals surface area contributed by atoms with Gasteiger partial charge in [-0.25, -0.2) is 15.0 Å². The van der Waals surface area contributed by atoms with Crippen LogP contribution in [0.4, 0.5) is 24.7 Å². The van der Waals surface area contributed by atoms with E-state index in [9.17, 15) is 18.0 Å². The molecule has 2 N–H and O–H groups in total. The molecule has 1 aliphatic heterocycles. The molecule has 0 saturated heterocycles. The van der Waals surface area contributed by atoms with Gasteiger partial charge >= 0.3 is 6.18 Å². The highest BCUT2D eigenvalue weighted by Gasteiger charge is 2.35. The maximum Gasteiger partial charge on any atom is 0.433 e. The summed E-state index contributed by atoms with van der Waals surface area (Å²) in [6, 6.07) is 5.02. The fourth-order valence-corrected chi connectivity index (χ4v) is 3.71. The van der Waals surface area contributed by atoms with Gasteiger partial charge in [0.05, 0.1) is 40.7 Å². The number of imidazole rings is 1. The van der Waals surface area contributed by atoms with Crippen molar-refractivity contribution in [3.05, 3.63) is 53.1 Å². The summed E-state index contributed by atoms with van der Waals surface area (Å²) in [4.78, 5) is 26.5. The zero-order valence-corrected chi connectivity index (χ0v) is 18.3. The highest BCUT2D eigenvalue weighted by molar-refractivity contribution is 6.35. The summed E-state index contributed by atoms with van der Waals surface area (Å²) in [5.41, 5.74) is 6.68. The van der Waals surface area contributed by atoms with E-state index in [0.29, 0.717) is 16.6 Å². The normalized spacial score (nSPS) is 13.3. The van der Waals surface area contributed by atoms with Crippen molar-refractivity contribution < 1.29 is 22.7 Å². The molecule has 3 aromatic heterocycles. The van der Waals surface area contributed by atoms with Crippen molar-refractivity contribution >= 4 is 45.6 Å². The Morgan fingerprint density at radius 1 is 1.18 bits per heavy atom. The molecule has 0 saturated carbocycles. The van der Waals surface area contributed by atoms with Crippen LogP contribution >= 0.6 is 11.6 Å². The molecule has 1 amide bonds. The number of nitrogens with zero attached hydrogens (tertiary/aromatic N) is 5. The van der Waals surface area contributed by atoms with Crippen LogP contribution < -0.4 is 15.4 Å². The van der Waals surface area contributed by atoms with Crippen LogP contribution in [0.3, 0.4) is 0 Å². The number of alkyl halides is 3. The molecule has 4 heterocycles. The lowest BCUT2D eigenvalue weighted by atomic mass is 10.1. The molecule has 1 aromatic carbocycles. The minimum atomic E-state index is -4.63. The lowest BCUT2D eigenvalue weighted by molar-refractivity contribution is -0.141. The average Bonchev–Trinajstić information content (AvgIpc) is 3.29. The Balaban J connectivity index is 0.00000126. The van der Waals surface area contributed by atoms with Gasteiger partial charge in [0.25, 0.3) is 5.91 Å². The van der Waals surface area contributed by atoms with Crippen LogP contribution in [0.25, 0.3) is 16.6 Å². The van der Waals surface area contributed by atoms with Gasteiger partial charge in [-0.2, -0.15) is 13.2 Å². The van der Waals surface area contributed by atoms with Crippen LogP contribution in [0.2, 0.25) is 5.02 Å². The van der Waals surface area contributed by atoms with Crippen molar-refractivity contribution in [3.8, 4) is 5.88 Å². The van der Waals surface area contributed by atoms with Crippen LogP contribution in [-0.4, -0.2) is 38.4 Å². The lowest BCUT2D eigenvalue weighted by Crippen LogP contribution is -2.38. The van der Waals surface area contributed by atoms with Crippen molar-refractivity contribution in [3.63, 3.8) is 0 Å². The number of ether oxygens (including phenoxy) is 1. The zero-order valence-electron chi connectivity index (χ0n) is 17.5. The summed E-state index contributed by atoms with van der Waals surface area (Å²) >= 11 is 6.36. The molecular formula is C21H18ClF3N6O2. The third-order valence-corrected chi connectivity index (χ3v) is 5.23. The molecule has 12 heteroatoms. The number of carbonyl (C=O) groups is 1. The van der Waals surface area contributed by atoms with E-state index in [1.807, 2.05) is 13.8 Å². The summed E-state index contributed by atoms with van der Waals surface area (Å²) in [7, 11) is 0. The number of hydrogen-bond acceptors (Lipinski definition) is 6. The molecule has 8 nitrogen and oxygen atoms in total. The highest BCUT2D eigenvalue weighted by atomic mass is 35.5. The summed E-state index contributed by atoms with van der Waals surface area (Å²) < 4.78 is 45.9. The fourth-order valence-electron chi connectivity index (χ4n) is 3.47. The van der Waals surface area contributed by atoms with Crippen molar-refractivity contribution in [1.82, 2.24) is 19.4 Å². The maximum atomic E-state index is 13.3. The second kappa shape index (κ2) is 8.39. The molecule has 5 rings (SSSR count). The van der Waals surface area contributed by atoms with Crippen LogP contribution in [0.1, 0.15) is 29.9 Å².